The Morgan fingerprint density at radius 1 is 1.07 bits per heavy atom. The van der Waals surface area contributed by atoms with Crippen molar-refractivity contribution in [3.05, 3.63) is 0 Å². The third kappa shape index (κ3) is 3.89. The van der Waals surface area contributed by atoms with Crippen LogP contribution in [0, 0.1) is 5.92 Å². The van der Waals surface area contributed by atoms with E-state index in [1.165, 1.54) is 25.7 Å². The third-order valence-electron chi connectivity index (χ3n) is 7.07. The van der Waals surface area contributed by atoms with E-state index in [2.05, 4.69) is 15.1 Å². The number of rotatable bonds is 3. The van der Waals surface area contributed by atoms with Crippen LogP contribution in [-0.2, 0) is 4.74 Å². The van der Waals surface area contributed by atoms with Crippen molar-refractivity contribution in [3.63, 3.8) is 0 Å². The number of nitrogens with zero attached hydrogens (tertiary/aromatic N) is 3. The van der Waals surface area contributed by atoms with Crippen LogP contribution in [0.2, 0.25) is 0 Å². The lowest BCUT2D eigenvalue weighted by Crippen LogP contribution is -2.63. The van der Waals surface area contributed by atoms with Gasteiger partial charge in [-0.1, -0.05) is 12.8 Å². The predicted octanol–water partition coefficient (Wildman–Crippen LogP) is 2.27. The van der Waals surface area contributed by atoms with Crippen molar-refractivity contribution in [1.29, 1.82) is 0 Å². The number of piperidine rings is 1. The summed E-state index contributed by atoms with van der Waals surface area (Å²) in [6, 6.07) is 1.42. The molecule has 0 aromatic heterocycles. The number of carbonyl (C=O) groups is 2. The predicted molar refractivity (Wildman–Crippen MR) is 103 cm³/mol. The van der Waals surface area contributed by atoms with Gasteiger partial charge in [0.2, 0.25) is 0 Å². The average Bonchev–Trinajstić information content (AvgIpc) is 3.19. The Balaban J connectivity index is 1.31. The van der Waals surface area contributed by atoms with Crippen LogP contribution in [-0.4, -0.2) is 84.3 Å². The summed E-state index contributed by atoms with van der Waals surface area (Å²) in [4.78, 5) is 31.1. The molecular formula is C20H34N4O3. The molecule has 0 bridgehead atoms. The van der Waals surface area contributed by atoms with Crippen molar-refractivity contribution in [3.8, 4) is 0 Å². The molecule has 4 rings (SSSR count). The highest BCUT2D eigenvalue weighted by Crippen LogP contribution is 2.34. The molecule has 4 aliphatic rings. The summed E-state index contributed by atoms with van der Waals surface area (Å²) in [6.45, 7) is 6.76. The fourth-order valence-corrected chi connectivity index (χ4v) is 5.64. The minimum Gasteiger partial charge on any atom is -0.450 e. The molecule has 3 heterocycles. The highest BCUT2D eigenvalue weighted by atomic mass is 16.6. The molecule has 1 aliphatic carbocycles. The molecule has 27 heavy (non-hydrogen) atoms. The second kappa shape index (κ2) is 8.25. The Kier molecular flexibility index (Phi) is 5.76. The Morgan fingerprint density at radius 3 is 2.59 bits per heavy atom. The second-order valence-corrected chi connectivity index (χ2v) is 8.56. The molecule has 3 atom stereocenters. The first-order valence-corrected chi connectivity index (χ1v) is 10.9. The van der Waals surface area contributed by atoms with Crippen LogP contribution in [0.25, 0.3) is 0 Å². The Morgan fingerprint density at radius 2 is 1.81 bits per heavy atom. The van der Waals surface area contributed by atoms with E-state index in [9.17, 15) is 9.59 Å². The summed E-state index contributed by atoms with van der Waals surface area (Å²) in [6.07, 6.45) is 7.94. The number of hydrogen-bond acceptors (Lipinski definition) is 4. The number of carbonyl (C=O) groups excluding carboxylic acids is 2. The zero-order chi connectivity index (χ0) is 18.8. The summed E-state index contributed by atoms with van der Waals surface area (Å²) in [5.74, 6) is 0.641. The van der Waals surface area contributed by atoms with E-state index in [4.69, 9.17) is 4.74 Å². The van der Waals surface area contributed by atoms with Gasteiger partial charge in [0.1, 0.15) is 0 Å². The van der Waals surface area contributed by atoms with Crippen LogP contribution in [0.5, 0.6) is 0 Å². The van der Waals surface area contributed by atoms with Crippen molar-refractivity contribution >= 4 is 12.1 Å². The summed E-state index contributed by atoms with van der Waals surface area (Å²) in [7, 11) is 0. The number of ether oxygens (including phenoxy) is 1. The molecule has 1 saturated carbocycles. The van der Waals surface area contributed by atoms with Gasteiger partial charge in [-0.3, -0.25) is 4.90 Å². The maximum absolute atomic E-state index is 12.6. The van der Waals surface area contributed by atoms with Gasteiger partial charge < -0.3 is 19.9 Å². The average molecular weight is 379 g/mol. The number of amides is 3. The van der Waals surface area contributed by atoms with Gasteiger partial charge in [-0.15, -0.1) is 0 Å². The minimum absolute atomic E-state index is 0.158. The SMILES string of the molecule is CCOC(=O)N1CCC(N2CCC(N3C(=O)NC[C@H]4CCCC[C@@H]43)CC2)C1. The molecule has 0 radical (unpaired) electrons. The van der Waals surface area contributed by atoms with E-state index in [1.54, 1.807) is 0 Å². The summed E-state index contributed by atoms with van der Waals surface area (Å²) in [5, 5.41) is 3.14. The van der Waals surface area contributed by atoms with Crippen LogP contribution in [0.1, 0.15) is 51.9 Å². The van der Waals surface area contributed by atoms with Gasteiger partial charge in [-0.2, -0.15) is 0 Å². The fraction of sp³-hybridized carbons (Fsp3) is 0.900. The van der Waals surface area contributed by atoms with E-state index in [-0.39, 0.29) is 12.1 Å². The zero-order valence-corrected chi connectivity index (χ0v) is 16.6. The molecule has 1 unspecified atom stereocenters. The lowest BCUT2D eigenvalue weighted by Gasteiger charge is -2.49. The molecule has 1 N–H and O–H groups in total. The Bertz CT molecular complexity index is 549. The number of nitrogens with one attached hydrogen (secondary N) is 1. The molecule has 3 saturated heterocycles. The molecule has 7 heteroatoms. The normalized spacial score (nSPS) is 32.9. The van der Waals surface area contributed by atoms with Crippen LogP contribution in [0.3, 0.4) is 0 Å². The van der Waals surface area contributed by atoms with Gasteiger partial charge >= 0.3 is 12.1 Å². The summed E-state index contributed by atoms with van der Waals surface area (Å²) >= 11 is 0. The Labute approximate surface area is 162 Å². The quantitative estimate of drug-likeness (QED) is 0.818. The molecule has 0 aromatic carbocycles. The first kappa shape index (κ1) is 18.8. The molecule has 3 amide bonds. The van der Waals surface area contributed by atoms with Crippen LogP contribution >= 0.6 is 0 Å². The van der Waals surface area contributed by atoms with Crippen molar-refractivity contribution in [2.24, 2.45) is 5.92 Å². The maximum atomic E-state index is 12.6. The Hall–Kier alpha value is -1.50. The first-order chi connectivity index (χ1) is 13.2. The highest BCUT2D eigenvalue weighted by Gasteiger charge is 2.42. The van der Waals surface area contributed by atoms with Crippen LogP contribution < -0.4 is 5.32 Å². The van der Waals surface area contributed by atoms with Crippen molar-refractivity contribution in [2.45, 2.75) is 70.0 Å². The molecule has 3 aliphatic heterocycles. The first-order valence-electron chi connectivity index (χ1n) is 10.9. The van der Waals surface area contributed by atoms with E-state index in [0.717, 1.165) is 52.0 Å². The topological polar surface area (TPSA) is 65.1 Å². The molecular weight excluding hydrogens is 344 g/mol. The largest absolute Gasteiger partial charge is 0.450 e. The molecule has 4 fully saturated rings. The van der Waals surface area contributed by atoms with Gasteiger partial charge in [0.15, 0.2) is 0 Å². The lowest BCUT2D eigenvalue weighted by atomic mass is 9.81. The van der Waals surface area contributed by atoms with Gasteiger partial charge in [0, 0.05) is 50.8 Å². The van der Waals surface area contributed by atoms with Crippen molar-refractivity contribution in [1.82, 2.24) is 20.0 Å². The molecule has 152 valence electrons. The number of hydrogen-bond donors (Lipinski definition) is 1. The fourth-order valence-electron chi connectivity index (χ4n) is 5.64. The standard InChI is InChI=1S/C20H34N4O3/c1-2-27-20(26)23-12-9-17(14-23)22-10-7-16(8-11-22)24-18-6-4-3-5-15(18)13-21-19(24)25/h15-18H,2-14H2,1H3,(H,21,25)/t15-,17?,18+/m1/s1. The summed E-state index contributed by atoms with van der Waals surface area (Å²) < 4.78 is 5.14. The van der Waals surface area contributed by atoms with Gasteiger partial charge in [-0.25, -0.2) is 9.59 Å². The van der Waals surface area contributed by atoms with Crippen molar-refractivity contribution < 1.29 is 14.3 Å². The number of fused-ring (bicyclic) bond motifs is 1. The second-order valence-electron chi connectivity index (χ2n) is 8.56. The lowest BCUT2D eigenvalue weighted by molar-refractivity contribution is 0.0326. The molecule has 0 spiro atoms. The van der Waals surface area contributed by atoms with E-state index in [0.29, 0.717) is 30.7 Å². The van der Waals surface area contributed by atoms with E-state index >= 15 is 0 Å². The van der Waals surface area contributed by atoms with Crippen LogP contribution in [0.15, 0.2) is 0 Å². The smallest absolute Gasteiger partial charge is 0.409 e. The third-order valence-corrected chi connectivity index (χ3v) is 7.07. The van der Waals surface area contributed by atoms with Crippen molar-refractivity contribution in [2.75, 3.05) is 39.3 Å². The van der Waals surface area contributed by atoms with Gasteiger partial charge in [0.05, 0.1) is 6.61 Å². The maximum Gasteiger partial charge on any atom is 0.409 e. The van der Waals surface area contributed by atoms with E-state index < -0.39 is 0 Å². The minimum atomic E-state index is -0.178. The number of likely N-dealkylation sites (tertiary alicyclic amines) is 2. The van der Waals surface area contributed by atoms with E-state index in [1.807, 2.05) is 11.8 Å². The molecule has 7 nitrogen and oxygen atoms in total. The summed E-state index contributed by atoms with van der Waals surface area (Å²) in [5.41, 5.74) is 0. The monoisotopic (exact) mass is 378 g/mol. The van der Waals surface area contributed by atoms with Gasteiger partial charge in [-0.05, 0) is 44.9 Å². The highest BCUT2D eigenvalue weighted by molar-refractivity contribution is 5.76. The number of urea groups is 1. The zero-order valence-electron chi connectivity index (χ0n) is 16.6. The van der Waals surface area contributed by atoms with Crippen LogP contribution in [0.4, 0.5) is 9.59 Å². The van der Waals surface area contributed by atoms with Gasteiger partial charge in [0.25, 0.3) is 0 Å². The molecule has 0 aromatic rings.